The number of fused-ring (bicyclic) bond motifs is 2. The molecule has 3 aromatic rings. The fourth-order valence-corrected chi connectivity index (χ4v) is 9.64. The van der Waals surface area contributed by atoms with E-state index < -0.39 is 83.4 Å². The number of hydrogen-bond donors (Lipinski definition) is 2. The van der Waals surface area contributed by atoms with Crippen molar-refractivity contribution in [1.29, 1.82) is 0 Å². The van der Waals surface area contributed by atoms with Crippen LogP contribution in [-0.2, 0) is 44.6 Å². The van der Waals surface area contributed by atoms with E-state index in [2.05, 4.69) is 15.2 Å². The summed E-state index contributed by atoms with van der Waals surface area (Å²) in [6.07, 6.45) is 0.890. The lowest BCUT2D eigenvalue weighted by Gasteiger charge is -2.47. The Labute approximate surface area is 359 Å². The number of alkyl carbamates (subject to hydrolysis) is 1. The normalized spacial score (nSPS) is 35.4. The largest absolute Gasteiger partial charge is 0.458 e. The van der Waals surface area contributed by atoms with Crippen molar-refractivity contribution >= 4 is 40.6 Å². The second kappa shape index (κ2) is 19.2. The SMILES string of the molecule is CC[C@H]1OC(=O)[C@H](C)C(=O)[C@H](C)[C@@H](OC2O[C@H](C)C[C@H](N(C)Cc3ccccc3)[C@H]2O)[C@@](C)(OC/C=C/c2cnc3ccccc3c2)C[C@@H](C)C(=O)[C@H](C)[C@H]2NC(=O)O[C@@]21C. The molecule has 0 saturated carbocycles. The van der Waals surface area contributed by atoms with Gasteiger partial charge in [-0.3, -0.25) is 24.3 Å². The molecule has 0 bridgehead atoms. The molecule has 4 heterocycles. The van der Waals surface area contributed by atoms with Gasteiger partial charge in [-0.25, -0.2) is 4.79 Å². The Balaban J connectivity index is 1.37. The Bertz CT molecular complexity index is 2060. The van der Waals surface area contributed by atoms with Crippen LogP contribution in [0.25, 0.3) is 17.0 Å². The minimum atomic E-state index is -1.39. The predicted octanol–water partition coefficient (Wildman–Crippen LogP) is 6.68. The average Bonchev–Trinajstić information content (AvgIpc) is 3.56. The minimum absolute atomic E-state index is 0.0495. The molecule has 3 saturated heterocycles. The fraction of sp³-hybridized carbons (Fsp3) is 0.562. The lowest BCUT2D eigenvalue weighted by Crippen LogP contribution is -2.60. The number of aliphatic hydroxyl groups is 1. The van der Waals surface area contributed by atoms with Gasteiger partial charge in [0.1, 0.15) is 23.9 Å². The molecule has 330 valence electrons. The molecule has 2 N–H and O–H groups in total. The molecule has 3 fully saturated rings. The van der Waals surface area contributed by atoms with Gasteiger partial charge in [0.15, 0.2) is 17.7 Å². The maximum absolute atomic E-state index is 14.6. The first kappa shape index (κ1) is 46.0. The van der Waals surface area contributed by atoms with Crippen molar-refractivity contribution in [3.05, 3.63) is 84.1 Å². The highest BCUT2D eigenvalue weighted by molar-refractivity contribution is 6.00. The highest BCUT2D eigenvalue weighted by Gasteiger charge is 2.57. The van der Waals surface area contributed by atoms with Gasteiger partial charge in [-0.05, 0) is 77.3 Å². The lowest BCUT2D eigenvalue weighted by molar-refractivity contribution is -0.297. The molecular weight excluding hydrogens is 779 g/mol. The second-order valence-electron chi connectivity index (χ2n) is 17.8. The van der Waals surface area contributed by atoms with Crippen LogP contribution in [0.1, 0.15) is 85.8 Å². The number of aliphatic hydroxyl groups excluding tert-OH is 1. The summed E-state index contributed by atoms with van der Waals surface area (Å²) >= 11 is 0. The van der Waals surface area contributed by atoms with Crippen LogP contribution in [0, 0.1) is 23.7 Å². The van der Waals surface area contributed by atoms with Crippen molar-refractivity contribution in [3.8, 4) is 0 Å². The first-order valence-electron chi connectivity index (χ1n) is 21.6. The van der Waals surface area contributed by atoms with Gasteiger partial charge in [0.05, 0.1) is 36.0 Å². The standard InChI is InChI=1S/C48H63N3O10/c1-10-38-48(8)42(50-46(56)61-48)30(4)39(52)28(2)25-47(7,57-22-16-19-34-24-35-20-14-15-21-36(35)49-26-34)43(31(5)40(53)32(6)44(55)59-38)60-45-41(54)37(23-29(3)58-45)51(9)27-33-17-12-11-13-18-33/h11-21,24,26,28-32,37-38,41-43,45,54H,10,22-23,25,27H2,1-9H3,(H,50,56)/b19-16+/t28-,29-,30+,31+,32-,37+,38-,41-,42-,43-,45?,47+,48-/m1/s1. The second-order valence-corrected chi connectivity index (χ2v) is 17.8. The third-order valence-corrected chi connectivity index (χ3v) is 13.1. The molecule has 1 aromatic heterocycles. The van der Waals surface area contributed by atoms with Crippen LogP contribution in [-0.4, -0.2) is 106 Å². The molecule has 0 aliphatic carbocycles. The zero-order valence-corrected chi connectivity index (χ0v) is 36.9. The summed E-state index contributed by atoms with van der Waals surface area (Å²) in [7, 11) is 1.95. The monoisotopic (exact) mass is 841 g/mol. The Morgan fingerprint density at radius 3 is 2.39 bits per heavy atom. The Kier molecular flexibility index (Phi) is 14.5. The van der Waals surface area contributed by atoms with E-state index in [9.17, 15) is 24.3 Å². The number of esters is 1. The van der Waals surface area contributed by atoms with E-state index in [4.69, 9.17) is 23.7 Å². The Morgan fingerprint density at radius 2 is 1.67 bits per heavy atom. The van der Waals surface area contributed by atoms with E-state index in [1.54, 1.807) is 47.7 Å². The zero-order valence-electron chi connectivity index (χ0n) is 36.9. The van der Waals surface area contributed by atoms with Gasteiger partial charge >= 0.3 is 12.1 Å². The number of pyridine rings is 1. The number of aromatic nitrogens is 1. The number of nitrogens with one attached hydrogen (secondary N) is 1. The van der Waals surface area contributed by atoms with E-state index in [0.29, 0.717) is 13.0 Å². The smallest absolute Gasteiger partial charge is 0.408 e. The summed E-state index contributed by atoms with van der Waals surface area (Å²) in [5, 5.41) is 15.8. The van der Waals surface area contributed by atoms with Gasteiger partial charge in [0, 0.05) is 41.9 Å². The quantitative estimate of drug-likeness (QED) is 0.165. The molecule has 6 rings (SSSR count). The van der Waals surface area contributed by atoms with Gasteiger partial charge < -0.3 is 34.1 Å². The molecule has 0 spiro atoms. The average molecular weight is 842 g/mol. The molecule has 13 atom stereocenters. The van der Waals surface area contributed by atoms with Crippen LogP contribution in [0.3, 0.4) is 0 Å². The number of amides is 1. The first-order chi connectivity index (χ1) is 28.9. The number of para-hydroxylation sites is 1. The van der Waals surface area contributed by atoms with Crippen LogP contribution in [0.5, 0.6) is 0 Å². The van der Waals surface area contributed by atoms with Crippen LogP contribution in [0.15, 0.2) is 72.9 Å². The van der Waals surface area contributed by atoms with Gasteiger partial charge in [0.2, 0.25) is 0 Å². The van der Waals surface area contributed by atoms with Crippen LogP contribution < -0.4 is 5.32 Å². The molecule has 3 aliphatic heterocycles. The highest BCUT2D eigenvalue weighted by Crippen LogP contribution is 2.40. The van der Waals surface area contributed by atoms with E-state index >= 15 is 0 Å². The first-order valence-corrected chi connectivity index (χ1v) is 21.6. The van der Waals surface area contributed by atoms with Crippen LogP contribution in [0.2, 0.25) is 0 Å². The van der Waals surface area contributed by atoms with Crippen molar-refractivity contribution in [3.63, 3.8) is 0 Å². The van der Waals surface area contributed by atoms with E-state index in [1.807, 2.05) is 86.8 Å². The topological polar surface area (TPSA) is 163 Å². The molecule has 13 heteroatoms. The summed E-state index contributed by atoms with van der Waals surface area (Å²) in [6.45, 7) is 14.5. The van der Waals surface area contributed by atoms with E-state index in [-0.39, 0.29) is 37.4 Å². The summed E-state index contributed by atoms with van der Waals surface area (Å²) in [5.41, 5.74) is 0.0291. The molecule has 0 radical (unpaired) electrons. The maximum atomic E-state index is 14.6. The van der Waals surface area contributed by atoms with Crippen molar-refractivity contribution in [2.75, 3.05) is 13.7 Å². The lowest BCUT2D eigenvalue weighted by atomic mass is 9.73. The van der Waals surface area contributed by atoms with Gasteiger partial charge in [-0.1, -0.05) is 88.4 Å². The number of likely N-dealkylation sites (N-methyl/N-ethyl adjacent to an activating group) is 1. The van der Waals surface area contributed by atoms with Crippen molar-refractivity contribution < 1.29 is 48.0 Å². The molecular formula is C48H63N3O10. The molecule has 13 nitrogen and oxygen atoms in total. The van der Waals surface area contributed by atoms with E-state index in [1.165, 1.54) is 6.92 Å². The summed E-state index contributed by atoms with van der Waals surface area (Å²) in [4.78, 5) is 62.6. The van der Waals surface area contributed by atoms with Gasteiger partial charge in [-0.2, -0.15) is 0 Å². The molecule has 1 amide bonds. The van der Waals surface area contributed by atoms with Crippen LogP contribution in [0.4, 0.5) is 4.79 Å². The molecule has 2 aromatic carbocycles. The van der Waals surface area contributed by atoms with E-state index in [0.717, 1.165) is 22.0 Å². The number of carbonyl (C=O) groups excluding carboxylic acids is 4. The molecule has 1 unspecified atom stereocenters. The van der Waals surface area contributed by atoms with Gasteiger partial charge in [0.25, 0.3) is 0 Å². The number of Topliss-reactive ketones (excluding diaryl/α,β-unsaturated/α-hetero) is 2. The Morgan fingerprint density at radius 1 is 0.967 bits per heavy atom. The third-order valence-electron chi connectivity index (χ3n) is 13.1. The number of carbonyl (C=O) groups is 4. The van der Waals surface area contributed by atoms with Crippen molar-refractivity contribution in [2.45, 2.75) is 135 Å². The van der Waals surface area contributed by atoms with Crippen LogP contribution >= 0.6 is 0 Å². The summed E-state index contributed by atoms with van der Waals surface area (Å²) < 4.78 is 31.8. The van der Waals surface area contributed by atoms with Gasteiger partial charge in [-0.15, -0.1) is 0 Å². The molecule has 3 aliphatic rings. The summed E-state index contributed by atoms with van der Waals surface area (Å²) in [6, 6.07) is 18.6. The number of rotatable bonds is 10. The number of cyclic esters (lactones) is 1. The number of ether oxygens (including phenoxy) is 5. The van der Waals surface area contributed by atoms with Crippen molar-refractivity contribution in [1.82, 2.24) is 15.2 Å². The highest BCUT2D eigenvalue weighted by atomic mass is 16.7. The number of nitrogens with zero attached hydrogens (tertiary/aromatic N) is 2. The number of benzene rings is 2. The van der Waals surface area contributed by atoms with Crippen molar-refractivity contribution in [2.24, 2.45) is 23.7 Å². The zero-order chi connectivity index (χ0) is 44.2. The molecule has 61 heavy (non-hydrogen) atoms. The summed E-state index contributed by atoms with van der Waals surface area (Å²) in [5.74, 6) is -5.21. The fourth-order valence-electron chi connectivity index (χ4n) is 9.64. The number of hydrogen-bond acceptors (Lipinski definition) is 12. The number of ketones is 2. The maximum Gasteiger partial charge on any atom is 0.408 e. The Hall–Kier alpha value is -4.53. The third kappa shape index (κ3) is 10.1. The minimum Gasteiger partial charge on any atom is -0.458 e. The predicted molar refractivity (Wildman–Crippen MR) is 230 cm³/mol.